The molecule has 0 atom stereocenters. The minimum atomic E-state index is 0.344. The lowest BCUT2D eigenvalue weighted by Gasteiger charge is -2.25. The molecular weight excluding hydrogens is 282 g/mol. The first-order chi connectivity index (χ1) is 9.84. The van der Waals surface area contributed by atoms with E-state index in [2.05, 4.69) is 39.1 Å². The largest absolute Gasteiger partial charge is 0.495 e. The SMILES string of the molecule is COc1ccc(CCC(C)(C)CCNCC(C)C)cc1Cl. The van der Waals surface area contributed by atoms with Crippen molar-refractivity contribution in [2.45, 2.75) is 47.0 Å². The third-order valence-corrected chi connectivity index (χ3v) is 4.13. The standard InChI is InChI=1S/C18H30ClNO/c1-14(2)13-20-11-10-18(3,4)9-8-15-6-7-17(21-5)16(19)12-15/h6-7,12,14,20H,8-11,13H2,1-5H3. The third-order valence-electron chi connectivity index (χ3n) is 3.84. The highest BCUT2D eigenvalue weighted by molar-refractivity contribution is 6.32. The molecule has 0 saturated heterocycles. The normalized spacial score (nSPS) is 12.0. The molecule has 0 fully saturated rings. The summed E-state index contributed by atoms with van der Waals surface area (Å²) in [7, 11) is 1.65. The van der Waals surface area contributed by atoms with Crippen LogP contribution in [0.5, 0.6) is 5.75 Å². The summed E-state index contributed by atoms with van der Waals surface area (Å²) >= 11 is 6.18. The summed E-state index contributed by atoms with van der Waals surface area (Å²) in [5.74, 6) is 1.46. The Balaban J connectivity index is 2.40. The first-order valence-electron chi connectivity index (χ1n) is 7.87. The van der Waals surface area contributed by atoms with E-state index < -0.39 is 0 Å². The Hall–Kier alpha value is -0.730. The van der Waals surface area contributed by atoms with E-state index in [0.717, 1.165) is 31.2 Å². The van der Waals surface area contributed by atoms with Crippen LogP contribution in [0.3, 0.4) is 0 Å². The van der Waals surface area contributed by atoms with E-state index in [4.69, 9.17) is 16.3 Å². The molecule has 0 unspecified atom stereocenters. The van der Waals surface area contributed by atoms with Gasteiger partial charge in [0.1, 0.15) is 5.75 Å². The van der Waals surface area contributed by atoms with Gasteiger partial charge in [0.2, 0.25) is 0 Å². The highest BCUT2D eigenvalue weighted by Gasteiger charge is 2.17. The van der Waals surface area contributed by atoms with Crippen LogP contribution >= 0.6 is 11.6 Å². The zero-order valence-electron chi connectivity index (χ0n) is 14.1. The molecule has 21 heavy (non-hydrogen) atoms. The average Bonchev–Trinajstić information content (AvgIpc) is 2.41. The second kappa shape index (κ2) is 8.65. The van der Waals surface area contributed by atoms with Crippen LogP contribution in [0, 0.1) is 11.3 Å². The van der Waals surface area contributed by atoms with Crippen molar-refractivity contribution in [1.29, 1.82) is 0 Å². The maximum atomic E-state index is 6.18. The summed E-state index contributed by atoms with van der Waals surface area (Å²) in [6.07, 6.45) is 3.42. The van der Waals surface area contributed by atoms with Crippen LogP contribution in [0.4, 0.5) is 0 Å². The van der Waals surface area contributed by atoms with E-state index in [0.29, 0.717) is 10.4 Å². The van der Waals surface area contributed by atoms with Gasteiger partial charge in [-0.1, -0.05) is 45.4 Å². The zero-order chi connectivity index (χ0) is 15.9. The fourth-order valence-electron chi connectivity index (χ4n) is 2.29. The van der Waals surface area contributed by atoms with Crippen molar-refractivity contribution in [2.24, 2.45) is 11.3 Å². The second-order valence-corrected chi connectivity index (χ2v) is 7.39. The Morgan fingerprint density at radius 1 is 1.24 bits per heavy atom. The maximum absolute atomic E-state index is 6.18. The second-order valence-electron chi connectivity index (χ2n) is 6.98. The van der Waals surface area contributed by atoms with Gasteiger partial charge in [0, 0.05) is 0 Å². The van der Waals surface area contributed by atoms with Crippen LogP contribution in [0.1, 0.15) is 46.1 Å². The molecule has 2 nitrogen and oxygen atoms in total. The van der Waals surface area contributed by atoms with Crippen LogP contribution in [0.2, 0.25) is 5.02 Å². The number of halogens is 1. The summed E-state index contributed by atoms with van der Waals surface area (Å²) in [5, 5.41) is 4.23. The smallest absolute Gasteiger partial charge is 0.137 e. The molecule has 0 saturated carbocycles. The number of hydrogen-bond acceptors (Lipinski definition) is 2. The summed E-state index contributed by atoms with van der Waals surface area (Å²) in [5.41, 5.74) is 1.63. The van der Waals surface area contributed by atoms with Gasteiger partial charge in [-0.2, -0.15) is 0 Å². The van der Waals surface area contributed by atoms with Crippen LogP contribution < -0.4 is 10.1 Å². The number of ether oxygens (including phenoxy) is 1. The Morgan fingerprint density at radius 2 is 1.95 bits per heavy atom. The van der Waals surface area contributed by atoms with Gasteiger partial charge in [-0.3, -0.25) is 0 Å². The van der Waals surface area contributed by atoms with Crippen molar-refractivity contribution in [1.82, 2.24) is 5.32 Å². The highest BCUT2D eigenvalue weighted by atomic mass is 35.5. The number of rotatable bonds is 9. The van der Waals surface area contributed by atoms with Crippen LogP contribution in [-0.4, -0.2) is 20.2 Å². The molecule has 0 heterocycles. The number of hydrogen-bond donors (Lipinski definition) is 1. The third kappa shape index (κ3) is 7.19. The van der Waals surface area contributed by atoms with Crippen molar-refractivity contribution >= 4 is 11.6 Å². The van der Waals surface area contributed by atoms with E-state index in [-0.39, 0.29) is 0 Å². The molecule has 1 aromatic carbocycles. The first-order valence-corrected chi connectivity index (χ1v) is 8.25. The molecular formula is C18H30ClNO. The summed E-state index contributed by atoms with van der Waals surface area (Å²) in [6, 6.07) is 6.08. The van der Waals surface area contributed by atoms with E-state index in [1.165, 1.54) is 18.4 Å². The lowest BCUT2D eigenvalue weighted by atomic mass is 9.83. The predicted octanol–water partition coefficient (Wildman–Crippen LogP) is 4.94. The maximum Gasteiger partial charge on any atom is 0.137 e. The van der Waals surface area contributed by atoms with Gasteiger partial charge in [-0.25, -0.2) is 0 Å². The molecule has 1 rings (SSSR count). The Morgan fingerprint density at radius 3 is 2.52 bits per heavy atom. The zero-order valence-corrected chi connectivity index (χ0v) is 14.9. The van der Waals surface area contributed by atoms with Crippen LogP contribution in [0.15, 0.2) is 18.2 Å². The van der Waals surface area contributed by atoms with Gasteiger partial charge in [-0.15, -0.1) is 0 Å². The number of benzene rings is 1. The Labute approximate surface area is 135 Å². The molecule has 0 radical (unpaired) electrons. The fourth-order valence-corrected chi connectivity index (χ4v) is 2.57. The van der Waals surface area contributed by atoms with Crippen molar-refractivity contribution in [3.63, 3.8) is 0 Å². The number of nitrogens with one attached hydrogen (secondary N) is 1. The molecule has 1 N–H and O–H groups in total. The predicted molar refractivity (Wildman–Crippen MR) is 92.4 cm³/mol. The molecule has 0 aromatic heterocycles. The first kappa shape index (κ1) is 18.3. The fraction of sp³-hybridized carbons (Fsp3) is 0.667. The monoisotopic (exact) mass is 311 g/mol. The number of aryl methyl sites for hydroxylation is 1. The van der Waals surface area contributed by atoms with Gasteiger partial charge in [0.15, 0.2) is 0 Å². The molecule has 0 aliphatic heterocycles. The van der Waals surface area contributed by atoms with E-state index in [1.807, 2.05) is 12.1 Å². The molecule has 0 amide bonds. The summed E-state index contributed by atoms with van der Waals surface area (Å²) in [6.45, 7) is 11.4. The van der Waals surface area contributed by atoms with Gasteiger partial charge in [-0.05, 0) is 61.4 Å². The van der Waals surface area contributed by atoms with Gasteiger partial charge >= 0.3 is 0 Å². The van der Waals surface area contributed by atoms with E-state index in [1.54, 1.807) is 7.11 Å². The number of methoxy groups -OCH3 is 1. The molecule has 0 aliphatic rings. The van der Waals surface area contributed by atoms with Gasteiger partial charge < -0.3 is 10.1 Å². The molecule has 0 bridgehead atoms. The Kier molecular flexibility index (Phi) is 7.55. The average molecular weight is 312 g/mol. The van der Waals surface area contributed by atoms with Crippen molar-refractivity contribution in [3.05, 3.63) is 28.8 Å². The quantitative estimate of drug-likeness (QED) is 0.652. The lowest BCUT2D eigenvalue weighted by molar-refractivity contribution is 0.300. The minimum absolute atomic E-state index is 0.344. The molecule has 3 heteroatoms. The molecule has 120 valence electrons. The molecule has 0 spiro atoms. The van der Waals surface area contributed by atoms with Crippen LogP contribution in [0.25, 0.3) is 0 Å². The van der Waals surface area contributed by atoms with Crippen molar-refractivity contribution in [2.75, 3.05) is 20.2 Å². The lowest BCUT2D eigenvalue weighted by Crippen LogP contribution is -2.25. The topological polar surface area (TPSA) is 21.3 Å². The van der Waals surface area contributed by atoms with Gasteiger partial charge in [0.25, 0.3) is 0 Å². The highest BCUT2D eigenvalue weighted by Crippen LogP contribution is 2.29. The Bertz CT molecular complexity index is 429. The minimum Gasteiger partial charge on any atom is -0.495 e. The van der Waals surface area contributed by atoms with Crippen LogP contribution in [-0.2, 0) is 6.42 Å². The molecule has 1 aromatic rings. The summed E-state index contributed by atoms with van der Waals surface area (Å²) in [4.78, 5) is 0. The van der Waals surface area contributed by atoms with Crippen molar-refractivity contribution in [3.8, 4) is 5.75 Å². The van der Waals surface area contributed by atoms with E-state index >= 15 is 0 Å². The van der Waals surface area contributed by atoms with Crippen molar-refractivity contribution < 1.29 is 4.74 Å². The van der Waals surface area contributed by atoms with E-state index in [9.17, 15) is 0 Å². The van der Waals surface area contributed by atoms with Gasteiger partial charge in [0.05, 0.1) is 12.1 Å². The summed E-state index contributed by atoms with van der Waals surface area (Å²) < 4.78 is 5.19. The molecule has 0 aliphatic carbocycles.